The van der Waals surface area contributed by atoms with Crippen molar-refractivity contribution in [3.8, 4) is 5.75 Å². The quantitative estimate of drug-likeness (QED) is 0.390. The molecule has 0 heterocycles. The van der Waals surface area contributed by atoms with Gasteiger partial charge in [-0.15, -0.1) is 0 Å². The lowest BCUT2D eigenvalue weighted by Crippen LogP contribution is -2.19. The number of hydrogen-bond acceptors (Lipinski definition) is 3. The molecule has 4 nitrogen and oxygen atoms in total. The second-order valence-electron chi connectivity index (χ2n) is 3.03. The maximum absolute atomic E-state index is 11.9. The van der Waals surface area contributed by atoms with Crippen molar-refractivity contribution in [1.82, 2.24) is 0 Å². The van der Waals surface area contributed by atoms with E-state index in [2.05, 4.69) is 25.8 Å². The average molecular weight is 313 g/mol. The Morgan fingerprint density at radius 1 is 1.47 bits per heavy atom. The minimum Gasteiger partial charge on any atom is -0.484 e. The van der Waals surface area contributed by atoms with E-state index in [1.54, 1.807) is 0 Å². The molecule has 17 heavy (non-hydrogen) atoms. The number of ether oxygens (including phenoxy) is 1. The fourth-order valence-electron chi connectivity index (χ4n) is 1.01. The van der Waals surface area contributed by atoms with Crippen molar-refractivity contribution in [2.24, 2.45) is 10.9 Å². The van der Waals surface area contributed by atoms with Gasteiger partial charge in [-0.25, -0.2) is 0 Å². The number of oxime groups is 1. The Hall–Kier alpha value is -1.44. The van der Waals surface area contributed by atoms with Gasteiger partial charge >= 0.3 is 6.18 Å². The molecule has 0 aliphatic carbocycles. The molecule has 0 atom stereocenters. The second kappa shape index (κ2) is 5.26. The van der Waals surface area contributed by atoms with Crippen molar-refractivity contribution in [1.29, 1.82) is 0 Å². The van der Waals surface area contributed by atoms with Gasteiger partial charge in [-0.05, 0) is 34.1 Å². The van der Waals surface area contributed by atoms with Crippen LogP contribution < -0.4 is 10.5 Å². The molecule has 0 fully saturated rings. The van der Waals surface area contributed by atoms with E-state index in [1.807, 2.05) is 0 Å². The van der Waals surface area contributed by atoms with E-state index in [0.717, 1.165) is 0 Å². The molecule has 94 valence electrons. The number of amidine groups is 1. The largest absolute Gasteiger partial charge is 0.484 e. The molecular formula is C9H8BrF3N2O2. The predicted octanol–water partition coefficient (Wildman–Crippen LogP) is 2.48. The van der Waals surface area contributed by atoms with Crippen LogP contribution in [0, 0.1) is 0 Å². The highest BCUT2D eigenvalue weighted by atomic mass is 79.9. The normalized spacial score (nSPS) is 12.6. The van der Waals surface area contributed by atoms with Crippen LogP contribution in [0.15, 0.2) is 27.8 Å². The Morgan fingerprint density at radius 2 is 2.12 bits per heavy atom. The molecule has 1 aromatic rings. The number of halogens is 4. The number of benzene rings is 1. The van der Waals surface area contributed by atoms with Crippen molar-refractivity contribution in [2.75, 3.05) is 6.61 Å². The third-order valence-corrected chi connectivity index (χ3v) is 2.38. The smallest absolute Gasteiger partial charge is 0.422 e. The van der Waals surface area contributed by atoms with Crippen LogP contribution in [-0.2, 0) is 0 Å². The van der Waals surface area contributed by atoms with Gasteiger partial charge in [0.05, 0.1) is 0 Å². The molecule has 0 bridgehead atoms. The summed E-state index contributed by atoms with van der Waals surface area (Å²) in [4.78, 5) is 0. The first kappa shape index (κ1) is 13.6. The van der Waals surface area contributed by atoms with E-state index in [1.165, 1.54) is 18.2 Å². The summed E-state index contributed by atoms with van der Waals surface area (Å²) in [6, 6.07) is 3.98. The Morgan fingerprint density at radius 3 is 2.59 bits per heavy atom. The Balaban J connectivity index is 2.83. The zero-order chi connectivity index (χ0) is 13.1. The van der Waals surface area contributed by atoms with Crippen molar-refractivity contribution in [3.63, 3.8) is 0 Å². The zero-order valence-corrected chi connectivity index (χ0v) is 9.92. The summed E-state index contributed by atoms with van der Waals surface area (Å²) in [5.74, 6) is -0.122. The van der Waals surface area contributed by atoms with Crippen LogP contribution in [-0.4, -0.2) is 23.8 Å². The molecule has 0 spiro atoms. The molecule has 0 aliphatic heterocycles. The maximum Gasteiger partial charge on any atom is 0.422 e. The van der Waals surface area contributed by atoms with E-state index in [0.29, 0.717) is 10.0 Å². The summed E-state index contributed by atoms with van der Waals surface area (Å²) < 4.78 is 40.6. The first-order valence-electron chi connectivity index (χ1n) is 4.30. The van der Waals surface area contributed by atoms with Crippen LogP contribution in [0.1, 0.15) is 5.56 Å². The lowest BCUT2D eigenvalue weighted by atomic mass is 10.2. The summed E-state index contributed by atoms with van der Waals surface area (Å²) in [5.41, 5.74) is 5.69. The average Bonchev–Trinajstić information content (AvgIpc) is 2.24. The van der Waals surface area contributed by atoms with Gasteiger partial charge in [0.25, 0.3) is 0 Å². The lowest BCUT2D eigenvalue weighted by molar-refractivity contribution is -0.153. The minimum absolute atomic E-state index is 0.0312. The van der Waals surface area contributed by atoms with Gasteiger partial charge in [-0.1, -0.05) is 5.16 Å². The van der Waals surface area contributed by atoms with Crippen LogP contribution in [0.25, 0.3) is 0 Å². The van der Waals surface area contributed by atoms with Crippen LogP contribution in [0.3, 0.4) is 0 Å². The molecule has 1 aromatic carbocycles. The first-order chi connectivity index (χ1) is 7.83. The summed E-state index contributed by atoms with van der Waals surface area (Å²) >= 11 is 3.08. The van der Waals surface area contributed by atoms with Crippen LogP contribution in [0.2, 0.25) is 0 Å². The fourth-order valence-corrected chi connectivity index (χ4v) is 1.57. The monoisotopic (exact) mass is 312 g/mol. The Labute approximate surface area is 103 Å². The SMILES string of the molecule is N/C(=N/O)c1ccc(OCC(F)(F)F)cc1Br. The van der Waals surface area contributed by atoms with Crippen molar-refractivity contribution in [3.05, 3.63) is 28.2 Å². The van der Waals surface area contributed by atoms with Gasteiger partial charge in [0, 0.05) is 10.0 Å². The van der Waals surface area contributed by atoms with E-state index >= 15 is 0 Å². The Bertz CT molecular complexity index is 435. The van der Waals surface area contributed by atoms with Crippen LogP contribution in [0.4, 0.5) is 13.2 Å². The molecule has 0 radical (unpaired) electrons. The molecule has 0 unspecified atom stereocenters. The van der Waals surface area contributed by atoms with E-state index < -0.39 is 12.8 Å². The third kappa shape index (κ3) is 4.14. The number of hydrogen-bond donors (Lipinski definition) is 2. The highest BCUT2D eigenvalue weighted by Crippen LogP contribution is 2.24. The summed E-state index contributed by atoms with van der Waals surface area (Å²) in [7, 11) is 0. The molecule has 8 heteroatoms. The molecular weight excluding hydrogens is 305 g/mol. The molecule has 0 amide bonds. The van der Waals surface area contributed by atoms with E-state index in [-0.39, 0.29) is 11.6 Å². The van der Waals surface area contributed by atoms with Gasteiger partial charge in [-0.3, -0.25) is 0 Å². The van der Waals surface area contributed by atoms with Crippen LogP contribution in [0.5, 0.6) is 5.75 Å². The first-order valence-corrected chi connectivity index (χ1v) is 5.10. The van der Waals surface area contributed by atoms with Crippen molar-refractivity contribution < 1.29 is 23.1 Å². The summed E-state index contributed by atoms with van der Waals surface area (Å²) in [6.07, 6.45) is -4.39. The minimum atomic E-state index is -4.39. The molecule has 0 saturated carbocycles. The number of nitrogens with two attached hydrogens (primary N) is 1. The molecule has 0 aromatic heterocycles. The topological polar surface area (TPSA) is 67.8 Å². The number of nitrogens with zero attached hydrogens (tertiary/aromatic N) is 1. The zero-order valence-electron chi connectivity index (χ0n) is 8.33. The lowest BCUT2D eigenvalue weighted by Gasteiger charge is -2.10. The Kier molecular flexibility index (Phi) is 4.22. The second-order valence-corrected chi connectivity index (χ2v) is 3.89. The molecule has 0 aliphatic rings. The highest BCUT2D eigenvalue weighted by Gasteiger charge is 2.28. The van der Waals surface area contributed by atoms with Crippen LogP contribution >= 0.6 is 15.9 Å². The molecule has 1 rings (SSSR count). The fraction of sp³-hybridized carbons (Fsp3) is 0.222. The predicted molar refractivity (Wildman–Crippen MR) is 58.2 cm³/mol. The van der Waals surface area contributed by atoms with Gasteiger partial charge < -0.3 is 15.7 Å². The van der Waals surface area contributed by atoms with E-state index in [9.17, 15) is 13.2 Å². The summed E-state index contributed by atoms with van der Waals surface area (Å²) in [6.45, 7) is -1.37. The van der Waals surface area contributed by atoms with Crippen molar-refractivity contribution >= 4 is 21.8 Å². The van der Waals surface area contributed by atoms with E-state index in [4.69, 9.17) is 10.9 Å². The summed E-state index contributed by atoms with van der Waals surface area (Å²) in [5, 5.41) is 11.2. The third-order valence-electron chi connectivity index (χ3n) is 1.73. The highest BCUT2D eigenvalue weighted by molar-refractivity contribution is 9.10. The number of rotatable bonds is 3. The van der Waals surface area contributed by atoms with Gasteiger partial charge in [0.2, 0.25) is 0 Å². The standard InChI is InChI=1S/C9H8BrF3N2O2/c10-7-3-5(17-4-9(11,12)13)1-2-6(7)8(14)15-16/h1-3,16H,4H2,(H2,14,15). The molecule has 0 saturated heterocycles. The molecule has 3 N–H and O–H groups in total. The van der Waals surface area contributed by atoms with Gasteiger partial charge in [0.15, 0.2) is 12.4 Å². The van der Waals surface area contributed by atoms with Gasteiger partial charge in [-0.2, -0.15) is 13.2 Å². The van der Waals surface area contributed by atoms with Gasteiger partial charge in [0.1, 0.15) is 5.75 Å². The maximum atomic E-state index is 11.9. The van der Waals surface area contributed by atoms with Crippen molar-refractivity contribution in [2.45, 2.75) is 6.18 Å². The number of alkyl halides is 3.